The number of fused-ring (bicyclic) bond motifs is 4. The van der Waals surface area contributed by atoms with Crippen LogP contribution in [-0.4, -0.2) is 41.4 Å². The molecule has 5 rings (SSSR count). The smallest absolute Gasteiger partial charge is 0.227 e. The van der Waals surface area contributed by atoms with Crippen LogP contribution < -0.4 is 0 Å². The van der Waals surface area contributed by atoms with E-state index in [1.165, 1.54) is 18.1 Å². The molecule has 2 atom stereocenters. The zero-order valence-corrected chi connectivity index (χ0v) is 15.9. The first-order valence-corrected chi connectivity index (χ1v) is 9.89. The zero-order valence-electron chi connectivity index (χ0n) is 15.9. The Kier molecular flexibility index (Phi) is 5.26. The Labute approximate surface area is 160 Å². The average molecular weight is 366 g/mol. The van der Waals surface area contributed by atoms with Crippen molar-refractivity contribution in [3.05, 3.63) is 71.0 Å². The molecule has 3 nitrogen and oxygen atoms in total. The van der Waals surface area contributed by atoms with Crippen LogP contribution in [0, 0.1) is 18.7 Å². The van der Waals surface area contributed by atoms with E-state index in [1.54, 1.807) is 19.1 Å². The van der Waals surface area contributed by atoms with Gasteiger partial charge in [-0.1, -0.05) is 42.5 Å². The van der Waals surface area contributed by atoms with Crippen molar-refractivity contribution < 1.29 is 9.18 Å². The number of hydrogen-bond acceptors (Lipinski definition) is 2. The number of nitrogens with zero attached hydrogens (tertiary/aromatic N) is 2. The van der Waals surface area contributed by atoms with Crippen molar-refractivity contribution in [3.63, 3.8) is 0 Å². The predicted molar refractivity (Wildman–Crippen MR) is 105 cm³/mol. The monoisotopic (exact) mass is 366 g/mol. The molecule has 0 spiro atoms. The van der Waals surface area contributed by atoms with E-state index in [1.807, 2.05) is 4.90 Å². The molecule has 1 amide bonds. The molecule has 3 fully saturated rings. The first-order chi connectivity index (χ1) is 13.1. The number of halogens is 1. The molecule has 0 aliphatic carbocycles. The Hall–Kier alpha value is -2.20. The van der Waals surface area contributed by atoms with Crippen LogP contribution in [0.2, 0.25) is 0 Å². The van der Waals surface area contributed by atoms with Crippen molar-refractivity contribution in [2.45, 2.75) is 38.8 Å². The lowest BCUT2D eigenvalue weighted by Crippen LogP contribution is -2.44. The molecule has 2 aromatic rings. The highest BCUT2D eigenvalue weighted by Crippen LogP contribution is 2.29. The molecule has 142 valence electrons. The standard InChI is InChI=1S/C23H27FN2O/c1-17-11-19(8-10-22(17)24)12-23(27)26-15-20-7-9-21(16-26)25(14-20)13-18-5-3-2-4-6-18/h2-6,8,10-11,20-21H,7,9,12-16H2,1H3/t20-,21-/m1/s1. The molecule has 3 aliphatic heterocycles. The van der Waals surface area contributed by atoms with E-state index < -0.39 is 0 Å². The number of hydrogen-bond donors (Lipinski definition) is 0. The molecule has 2 bridgehead atoms. The van der Waals surface area contributed by atoms with E-state index in [0.717, 1.165) is 38.2 Å². The third-order valence-electron chi connectivity index (χ3n) is 5.99. The highest BCUT2D eigenvalue weighted by molar-refractivity contribution is 5.79. The van der Waals surface area contributed by atoms with Crippen LogP contribution in [0.15, 0.2) is 48.5 Å². The van der Waals surface area contributed by atoms with Gasteiger partial charge in [-0.2, -0.15) is 0 Å². The maximum absolute atomic E-state index is 13.5. The second-order valence-corrected chi connectivity index (χ2v) is 8.07. The molecule has 4 heteroatoms. The van der Waals surface area contributed by atoms with Crippen LogP contribution >= 0.6 is 0 Å². The molecule has 0 saturated carbocycles. The lowest BCUT2D eigenvalue weighted by Gasteiger charge is -2.36. The van der Waals surface area contributed by atoms with Gasteiger partial charge in [-0.3, -0.25) is 9.69 Å². The Morgan fingerprint density at radius 3 is 2.63 bits per heavy atom. The number of rotatable bonds is 4. The summed E-state index contributed by atoms with van der Waals surface area (Å²) in [6.07, 6.45) is 2.73. The summed E-state index contributed by atoms with van der Waals surface area (Å²) in [6, 6.07) is 16.0. The zero-order chi connectivity index (χ0) is 18.8. The Morgan fingerprint density at radius 2 is 1.85 bits per heavy atom. The van der Waals surface area contributed by atoms with Crippen LogP contribution in [0.1, 0.15) is 29.5 Å². The van der Waals surface area contributed by atoms with Crippen molar-refractivity contribution in [2.24, 2.45) is 5.92 Å². The number of carbonyl (C=O) groups excluding carboxylic acids is 1. The highest BCUT2D eigenvalue weighted by Gasteiger charge is 2.36. The Morgan fingerprint density at radius 1 is 1.04 bits per heavy atom. The molecule has 3 heterocycles. The van der Waals surface area contributed by atoms with Crippen LogP contribution in [0.5, 0.6) is 0 Å². The number of piperidine rings is 1. The summed E-state index contributed by atoms with van der Waals surface area (Å²) in [4.78, 5) is 17.5. The quantitative estimate of drug-likeness (QED) is 0.822. The fourth-order valence-corrected chi connectivity index (χ4v) is 4.50. The second kappa shape index (κ2) is 7.81. The van der Waals surface area contributed by atoms with Gasteiger partial charge < -0.3 is 4.90 Å². The van der Waals surface area contributed by atoms with Crippen molar-refractivity contribution in [2.75, 3.05) is 19.6 Å². The summed E-state index contributed by atoms with van der Waals surface area (Å²) in [5.74, 6) is 0.501. The Balaban J connectivity index is 1.43. The molecule has 3 aliphatic rings. The minimum Gasteiger partial charge on any atom is -0.341 e. The largest absolute Gasteiger partial charge is 0.341 e. The van der Waals surface area contributed by atoms with Gasteiger partial charge in [0.2, 0.25) is 5.91 Å². The SMILES string of the molecule is Cc1cc(CC(=O)N2C[C@@H]3CC[C@H](C2)N(Cc2ccccc2)C3)ccc1F. The van der Waals surface area contributed by atoms with Crippen LogP contribution in [0.25, 0.3) is 0 Å². The summed E-state index contributed by atoms with van der Waals surface area (Å²) in [7, 11) is 0. The third kappa shape index (κ3) is 4.22. The predicted octanol–water partition coefficient (Wildman–Crippen LogP) is 3.80. The van der Waals surface area contributed by atoms with E-state index in [9.17, 15) is 9.18 Å². The highest BCUT2D eigenvalue weighted by atomic mass is 19.1. The normalized spacial score (nSPS) is 22.7. The summed E-state index contributed by atoms with van der Waals surface area (Å²) in [6.45, 7) is 5.43. The van der Waals surface area contributed by atoms with E-state index in [4.69, 9.17) is 0 Å². The van der Waals surface area contributed by atoms with Crippen molar-refractivity contribution in [1.29, 1.82) is 0 Å². The molecule has 0 N–H and O–H groups in total. The Bertz CT molecular complexity index is 807. The first kappa shape index (κ1) is 18.2. The first-order valence-electron chi connectivity index (χ1n) is 9.89. The van der Waals surface area contributed by atoms with E-state index >= 15 is 0 Å². The summed E-state index contributed by atoms with van der Waals surface area (Å²) in [5.41, 5.74) is 2.84. The molecular weight excluding hydrogens is 339 g/mol. The number of carbonyl (C=O) groups is 1. The van der Waals surface area contributed by atoms with Crippen LogP contribution in [0.4, 0.5) is 4.39 Å². The molecular formula is C23H27FN2O. The minimum absolute atomic E-state index is 0.166. The van der Waals surface area contributed by atoms with Crippen LogP contribution in [-0.2, 0) is 17.8 Å². The van der Waals surface area contributed by atoms with Gasteiger partial charge >= 0.3 is 0 Å². The van der Waals surface area contributed by atoms with Gasteiger partial charge in [0, 0.05) is 32.2 Å². The minimum atomic E-state index is -0.212. The van der Waals surface area contributed by atoms with E-state index in [2.05, 4.69) is 35.2 Å². The van der Waals surface area contributed by atoms with E-state index in [0.29, 0.717) is 23.9 Å². The average Bonchev–Trinajstić information content (AvgIpc) is 2.98. The summed E-state index contributed by atoms with van der Waals surface area (Å²) in [5, 5.41) is 0. The molecule has 27 heavy (non-hydrogen) atoms. The lowest BCUT2D eigenvalue weighted by molar-refractivity contribution is -0.130. The van der Waals surface area contributed by atoms with Gasteiger partial charge in [0.1, 0.15) is 5.82 Å². The van der Waals surface area contributed by atoms with Crippen molar-refractivity contribution in [1.82, 2.24) is 9.80 Å². The topological polar surface area (TPSA) is 23.6 Å². The van der Waals surface area contributed by atoms with Gasteiger partial charge in [0.25, 0.3) is 0 Å². The van der Waals surface area contributed by atoms with Gasteiger partial charge in [-0.15, -0.1) is 0 Å². The molecule has 0 radical (unpaired) electrons. The van der Waals surface area contributed by atoms with Gasteiger partial charge in [-0.25, -0.2) is 4.39 Å². The van der Waals surface area contributed by atoms with Gasteiger partial charge in [-0.05, 0) is 48.4 Å². The summed E-state index contributed by atoms with van der Waals surface area (Å²) < 4.78 is 13.5. The second-order valence-electron chi connectivity index (χ2n) is 8.07. The number of benzene rings is 2. The van der Waals surface area contributed by atoms with E-state index in [-0.39, 0.29) is 11.7 Å². The van der Waals surface area contributed by atoms with Crippen LogP contribution in [0.3, 0.4) is 0 Å². The van der Waals surface area contributed by atoms with Crippen molar-refractivity contribution in [3.8, 4) is 0 Å². The maximum atomic E-state index is 13.5. The van der Waals surface area contributed by atoms with Crippen molar-refractivity contribution >= 4 is 5.91 Å². The molecule has 2 aromatic carbocycles. The fraction of sp³-hybridized carbons (Fsp3) is 0.435. The maximum Gasteiger partial charge on any atom is 0.227 e. The van der Waals surface area contributed by atoms with Gasteiger partial charge in [0.15, 0.2) is 0 Å². The fourth-order valence-electron chi connectivity index (χ4n) is 4.50. The lowest BCUT2D eigenvalue weighted by atomic mass is 9.94. The number of aryl methyl sites for hydroxylation is 1. The molecule has 0 aromatic heterocycles. The molecule has 3 saturated heterocycles. The number of amides is 1. The third-order valence-corrected chi connectivity index (χ3v) is 5.99. The molecule has 0 unspecified atom stereocenters. The summed E-state index contributed by atoms with van der Waals surface area (Å²) >= 11 is 0. The van der Waals surface area contributed by atoms with Gasteiger partial charge in [0.05, 0.1) is 6.42 Å².